The maximum atomic E-state index is 13.4. The number of rotatable bonds is 10. The Morgan fingerprint density at radius 1 is 1.15 bits per heavy atom. The second-order valence-electron chi connectivity index (χ2n) is 8.20. The molecule has 1 unspecified atom stereocenters. The van der Waals surface area contributed by atoms with Gasteiger partial charge >= 0.3 is 6.03 Å². The lowest BCUT2D eigenvalue weighted by molar-refractivity contribution is 0.168. The molecule has 0 bridgehead atoms. The minimum Gasteiger partial charge on any atom is -0.383 e. The highest BCUT2D eigenvalue weighted by Gasteiger charge is 2.28. The van der Waals surface area contributed by atoms with Crippen molar-refractivity contribution in [3.63, 3.8) is 0 Å². The predicted molar refractivity (Wildman–Crippen MR) is 133 cm³/mol. The van der Waals surface area contributed by atoms with E-state index in [2.05, 4.69) is 12.2 Å². The predicted octanol–water partition coefficient (Wildman–Crippen LogP) is 5.14. The zero-order valence-corrected chi connectivity index (χ0v) is 20.0. The number of ether oxygens (including phenoxy) is 1. The van der Waals surface area contributed by atoms with E-state index in [-0.39, 0.29) is 17.6 Å². The van der Waals surface area contributed by atoms with Gasteiger partial charge in [-0.05, 0) is 44.0 Å². The third-order valence-electron chi connectivity index (χ3n) is 5.79. The van der Waals surface area contributed by atoms with Crippen LogP contribution in [0.4, 0.5) is 10.5 Å². The van der Waals surface area contributed by atoms with Gasteiger partial charge in [-0.15, -0.1) is 0 Å². The van der Waals surface area contributed by atoms with Crippen LogP contribution in [-0.2, 0) is 11.3 Å². The number of carbonyl (C=O) groups excluding carboxylic acids is 1. The van der Waals surface area contributed by atoms with Crippen LogP contribution < -0.4 is 10.9 Å². The van der Waals surface area contributed by atoms with Gasteiger partial charge in [0.15, 0.2) is 0 Å². The number of urea groups is 1. The first-order valence-electron chi connectivity index (χ1n) is 11.6. The number of para-hydroxylation sites is 1. The van der Waals surface area contributed by atoms with Crippen molar-refractivity contribution in [1.82, 2.24) is 14.5 Å². The summed E-state index contributed by atoms with van der Waals surface area (Å²) in [7, 11) is 1.61. The number of aryl methyl sites for hydroxylation is 1. The van der Waals surface area contributed by atoms with Gasteiger partial charge < -0.3 is 15.0 Å². The smallest absolute Gasteiger partial charge is 0.322 e. The second kappa shape index (κ2) is 11.6. The van der Waals surface area contributed by atoms with E-state index in [0.29, 0.717) is 42.8 Å². The summed E-state index contributed by atoms with van der Waals surface area (Å²) in [6.07, 6.45) is 2.43. The number of carbonyl (C=O) groups is 1. The van der Waals surface area contributed by atoms with Gasteiger partial charge in [0.1, 0.15) is 5.82 Å². The van der Waals surface area contributed by atoms with Crippen molar-refractivity contribution in [1.29, 1.82) is 0 Å². The van der Waals surface area contributed by atoms with E-state index >= 15 is 0 Å². The molecule has 0 spiro atoms. The molecule has 0 aliphatic heterocycles. The minimum absolute atomic E-state index is 0.111. The Kier molecular flexibility index (Phi) is 8.60. The molecule has 3 rings (SSSR count). The van der Waals surface area contributed by atoms with Crippen LogP contribution in [0, 0.1) is 6.92 Å². The number of amides is 2. The van der Waals surface area contributed by atoms with Crippen LogP contribution >= 0.6 is 0 Å². The maximum absolute atomic E-state index is 13.4. The highest BCUT2D eigenvalue weighted by molar-refractivity contribution is 5.89. The lowest BCUT2D eigenvalue weighted by Crippen LogP contribution is -2.42. The number of fused-ring (bicyclic) bond motifs is 1. The normalized spacial score (nSPS) is 12.0. The van der Waals surface area contributed by atoms with E-state index in [0.717, 1.165) is 24.1 Å². The Bertz CT molecular complexity index is 1120. The third-order valence-corrected chi connectivity index (χ3v) is 5.79. The number of unbranched alkanes of at least 4 members (excludes halogenated alkanes) is 1. The number of nitrogens with zero attached hydrogens (tertiary/aromatic N) is 3. The monoisotopic (exact) mass is 450 g/mol. The van der Waals surface area contributed by atoms with Crippen molar-refractivity contribution in [2.24, 2.45) is 0 Å². The molecule has 7 nitrogen and oxygen atoms in total. The molecule has 0 saturated carbocycles. The van der Waals surface area contributed by atoms with Crippen LogP contribution in [0.2, 0.25) is 0 Å². The van der Waals surface area contributed by atoms with Gasteiger partial charge in [-0.25, -0.2) is 9.78 Å². The summed E-state index contributed by atoms with van der Waals surface area (Å²) < 4.78 is 6.93. The number of aromatic nitrogens is 2. The summed E-state index contributed by atoms with van der Waals surface area (Å²) >= 11 is 0. The molecule has 176 valence electrons. The molecule has 0 fully saturated rings. The van der Waals surface area contributed by atoms with Crippen molar-refractivity contribution < 1.29 is 9.53 Å². The SMILES string of the molecule is CCCCN(C(=O)Nc1ccc(C)cc1)C(CC)c1nc2ccccc2c(=O)n1CCOC. The van der Waals surface area contributed by atoms with E-state index in [1.54, 1.807) is 17.7 Å². The van der Waals surface area contributed by atoms with E-state index in [1.165, 1.54) is 0 Å². The topological polar surface area (TPSA) is 76.5 Å². The number of nitrogens with one attached hydrogen (secondary N) is 1. The van der Waals surface area contributed by atoms with Gasteiger partial charge in [-0.3, -0.25) is 9.36 Å². The molecule has 7 heteroatoms. The molecular formula is C26H34N4O3. The zero-order chi connectivity index (χ0) is 23.8. The van der Waals surface area contributed by atoms with Crippen molar-refractivity contribution >= 4 is 22.6 Å². The summed E-state index contributed by atoms with van der Waals surface area (Å²) in [6, 6.07) is 14.5. The van der Waals surface area contributed by atoms with Crippen LogP contribution in [-0.4, -0.2) is 40.7 Å². The fraction of sp³-hybridized carbons (Fsp3) is 0.423. The summed E-state index contributed by atoms with van der Waals surface area (Å²) in [6.45, 7) is 7.45. The van der Waals surface area contributed by atoms with E-state index in [4.69, 9.17) is 9.72 Å². The van der Waals surface area contributed by atoms with E-state index in [1.807, 2.05) is 61.2 Å². The zero-order valence-electron chi connectivity index (χ0n) is 20.0. The molecule has 33 heavy (non-hydrogen) atoms. The van der Waals surface area contributed by atoms with Crippen LogP contribution in [0.15, 0.2) is 53.3 Å². The highest BCUT2D eigenvalue weighted by Crippen LogP contribution is 2.25. The number of hydrogen-bond donors (Lipinski definition) is 1. The highest BCUT2D eigenvalue weighted by atomic mass is 16.5. The molecule has 0 aliphatic rings. The maximum Gasteiger partial charge on any atom is 0.322 e. The third kappa shape index (κ3) is 5.79. The average molecular weight is 451 g/mol. The van der Waals surface area contributed by atoms with Gasteiger partial charge in [0.25, 0.3) is 5.56 Å². The van der Waals surface area contributed by atoms with Crippen LogP contribution in [0.5, 0.6) is 0 Å². The van der Waals surface area contributed by atoms with Crippen LogP contribution in [0.25, 0.3) is 10.9 Å². The second-order valence-corrected chi connectivity index (χ2v) is 8.20. The number of methoxy groups -OCH3 is 1. The molecule has 0 saturated heterocycles. The molecule has 1 atom stereocenters. The lowest BCUT2D eigenvalue weighted by atomic mass is 10.1. The van der Waals surface area contributed by atoms with Gasteiger partial charge in [0, 0.05) is 19.3 Å². The first-order chi connectivity index (χ1) is 16.0. The van der Waals surface area contributed by atoms with Gasteiger partial charge in [-0.1, -0.05) is 50.1 Å². The fourth-order valence-electron chi connectivity index (χ4n) is 3.94. The molecule has 0 aliphatic carbocycles. The number of anilines is 1. The first-order valence-corrected chi connectivity index (χ1v) is 11.6. The van der Waals surface area contributed by atoms with Gasteiger partial charge in [0.05, 0.1) is 30.1 Å². The summed E-state index contributed by atoms with van der Waals surface area (Å²) in [4.78, 5) is 33.5. The van der Waals surface area contributed by atoms with Crippen molar-refractivity contribution in [3.8, 4) is 0 Å². The molecule has 2 amide bonds. The van der Waals surface area contributed by atoms with Crippen molar-refractivity contribution in [2.75, 3.05) is 25.6 Å². The Hall–Kier alpha value is -3.19. The molecule has 1 aromatic heterocycles. The van der Waals surface area contributed by atoms with Gasteiger partial charge in [0.2, 0.25) is 0 Å². The Morgan fingerprint density at radius 2 is 1.88 bits per heavy atom. The Morgan fingerprint density at radius 3 is 2.55 bits per heavy atom. The lowest BCUT2D eigenvalue weighted by Gasteiger charge is -2.32. The molecule has 3 aromatic rings. The molecular weight excluding hydrogens is 416 g/mol. The molecule has 0 radical (unpaired) electrons. The largest absolute Gasteiger partial charge is 0.383 e. The van der Waals surface area contributed by atoms with Gasteiger partial charge in [-0.2, -0.15) is 0 Å². The first kappa shape index (κ1) is 24.5. The Labute approximate surface area is 195 Å². The summed E-state index contributed by atoms with van der Waals surface area (Å²) in [5.41, 5.74) is 2.40. The average Bonchev–Trinajstić information content (AvgIpc) is 2.82. The minimum atomic E-state index is -0.351. The molecule has 2 aromatic carbocycles. The van der Waals surface area contributed by atoms with E-state index in [9.17, 15) is 9.59 Å². The molecule has 1 N–H and O–H groups in total. The summed E-state index contributed by atoms with van der Waals surface area (Å²) in [5, 5.41) is 3.59. The standard InChI is InChI=1S/C26H34N4O3/c1-5-7-16-29(26(32)27-20-14-12-19(3)13-15-20)23(6-2)24-28-22-11-9-8-10-21(22)25(31)30(24)17-18-33-4/h8-15,23H,5-7,16-18H2,1-4H3,(H,27,32). The van der Waals surface area contributed by atoms with E-state index < -0.39 is 0 Å². The van der Waals surface area contributed by atoms with Crippen molar-refractivity contribution in [2.45, 2.75) is 52.6 Å². The van der Waals surface area contributed by atoms with Crippen LogP contribution in [0.3, 0.4) is 0 Å². The number of benzene rings is 2. The quantitative estimate of drug-likeness (QED) is 0.464. The molecule has 1 heterocycles. The number of hydrogen-bond acceptors (Lipinski definition) is 4. The fourth-order valence-corrected chi connectivity index (χ4v) is 3.94. The summed E-state index contributed by atoms with van der Waals surface area (Å²) in [5.74, 6) is 0.591. The Balaban J connectivity index is 2.05. The van der Waals surface area contributed by atoms with Crippen LogP contribution in [0.1, 0.15) is 50.5 Å². The van der Waals surface area contributed by atoms with Crippen molar-refractivity contribution in [3.05, 3.63) is 70.3 Å².